The highest BCUT2D eigenvalue weighted by Crippen LogP contribution is 2.26. The molecule has 2 heteroatoms. The number of unbranched alkanes of at least 4 members (excludes halogenated alkanes) is 5. The SMILES string of the molecule is CCCCCCCCN(CCCl)C1CC1. The Balaban J connectivity index is 1.92. The van der Waals surface area contributed by atoms with Gasteiger partial charge in [0.1, 0.15) is 0 Å². The number of alkyl halides is 1. The monoisotopic (exact) mass is 231 g/mol. The summed E-state index contributed by atoms with van der Waals surface area (Å²) >= 11 is 5.81. The van der Waals surface area contributed by atoms with Gasteiger partial charge in [-0.15, -0.1) is 11.6 Å². The third-order valence-electron chi connectivity index (χ3n) is 3.23. The Labute approximate surface area is 100 Å². The molecule has 0 atom stereocenters. The van der Waals surface area contributed by atoms with E-state index in [9.17, 15) is 0 Å². The van der Waals surface area contributed by atoms with E-state index in [1.165, 1.54) is 57.9 Å². The smallest absolute Gasteiger partial charge is 0.0351 e. The van der Waals surface area contributed by atoms with Crippen LogP contribution in [0.15, 0.2) is 0 Å². The minimum atomic E-state index is 0.798. The van der Waals surface area contributed by atoms with Crippen LogP contribution in [-0.2, 0) is 0 Å². The summed E-state index contributed by atoms with van der Waals surface area (Å²) in [5, 5.41) is 0. The van der Waals surface area contributed by atoms with Gasteiger partial charge in [0.05, 0.1) is 0 Å². The van der Waals surface area contributed by atoms with E-state index in [1.807, 2.05) is 0 Å². The van der Waals surface area contributed by atoms with E-state index in [0.29, 0.717) is 0 Å². The fraction of sp³-hybridized carbons (Fsp3) is 1.00. The third kappa shape index (κ3) is 6.42. The molecule has 1 aliphatic rings. The Morgan fingerprint density at radius 3 is 2.27 bits per heavy atom. The van der Waals surface area contributed by atoms with Crippen molar-refractivity contribution in [3.63, 3.8) is 0 Å². The predicted molar refractivity (Wildman–Crippen MR) is 68.7 cm³/mol. The highest BCUT2D eigenvalue weighted by molar-refractivity contribution is 6.18. The van der Waals surface area contributed by atoms with E-state index < -0.39 is 0 Å². The first-order valence-corrected chi connectivity index (χ1v) is 7.22. The van der Waals surface area contributed by atoms with E-state index in [-0.39, 0.29) is 0 Å². The number of rotatable bonds is 10. The van der Waals surface area contributed by atoms with Crippen molar-refractivity contribution < 1.29 is 0 Å². The summed E-state index contributed by atoms with van der Waals surface area (Å²) in [4.78, 5) is 2.59. The van der Waals surface area contributed by atoms with Gasteiger partial charge in [-0.25, -0.2) is 0 Å². The fourth-order valence-electron chi connectivity index (χ4n) is 2.12. The lowest BCUT2D eigenvalue weighted by Gasteiger charge is -2.20. The van der Waals surface area contributed by atoms with Crippen molar-refractivity contribution in [1.29, 1.82) is 0 Å². The minimum absolute atomic E-state index is 0.798. The van der Waals surface area contributed by atoms with Crippen LogP contribution in [0.25, 0.3) is 0 Å². The maximum atomic E-state index is 5.81. The normalized spacial score (nSPS) is 16.2. The minimum Gasteiger partial charge on any atom is -0.299 e. The molecule has 90 valence electrons. The summed E-state index contributed by atoms with van der Waals surface area (Å²) < 4.78 is 0. The van der Waals surface area contributed by atoms with E-state index in [0.717, 1.165) is 18.5 Å². The molecule has 1 nitrogen and oxygen atoms in total. The number of hydrogen-bond donors (Lipinski definition) is 0. The fourth-order valence-corrected chi connectivity index (χ4v) is 2.34. The van der Waals surface area contributed by atoms with Gasteiger partial charge in [0.15, 0.2) is 0 Å². The lowest BCUT2D eigenvalue weighted by atomic mass is 10.1. The lowest BCUT2D eigenvalue weighted by molar-refractivity contribution is 0.272. The second-order valence-corrected chi connectivity index (χ2v) is 5.10. The van der Waals surface area contributed by atoms with Gasteiger partial charge < -0.3 is 0 Å². The van der Waals surface area contributed by atoms with Crippen LogP contribution >= 0.6 is 11.6 Å². The van der Waals surface area contributed by atoms with Crippen molar-refractivity contribution in [3.05, 3.63) is 0 Å². The molecule has 0 heterocycles. The molecule has 0 amide bonds. The van der Waals surface area contributed by atoms with Crippen molar-refractivity contribution in [2.75, 3.05) is 19.0 Å². The Morgan fingerprint density at radius 1 is 1.00 bits per heavy atom. The summed E-state index contributed by atoms with van der Waals surface area (Å²) in [5.74, 6) is 0.798. The van der Waals surface area contributed by atoms with Gasteiger partial charge in [0.25, 0.3) is 0 Å². The molecule has 0 radical (unpaired) electrons. The number of nitrogens with zero attached hydrogens (tertiary/aromatic N) is 1. The Morgan fingerprint density at radius 2 is 1.67 bits per heavy atom. The second-order valence-electron chi connectivity index (χ2n) is 4.72. The van der Waals surface area contributed by atoms with Crippen LogP contribution in [0.1, 0.15) is 58.3 Å². The molecule has 1 aliphatic carbocycles. The lowest BCUT2D eigenvalue weighted by Crippen LogP contribution is -2.29. The topological polar surface area (TPSA) is 3.24 Å². The zero-order valence-electron chi connectivity index (χ0n) is 10.2. The summed E-state index contributed by atoms with van der Waals surface area (Å²) in [6, 6.07) is 0.888. The molecule has 0 unspecified atom stereocenters. The van der Waals surface area contributed by atoms with Gasteiger partial charge in [0, 0.05) is 18.5 Å². The summed E-state index contributed by atoms with van der Waals surface area (Å²) in [5.41, 5.74) is 0. The van der Waals surface area contributed by atoms with E-state index in [4.69, 9.17) is 11.6 Å². The molecule has 1 fully saturated rings. The maximum absolute atomic E-state index is 5.81. The number of hydrogen-bond acceptors (Lipinski definition) is 1. The Hall–Kier alpha value is 0.250. The largest absolute Gasteiger partial charge is 0.299 e. The van der Waals surface area contributed by atoms with Gasteiger partial charge in [-0.2, -0.15) is 0 Å². The highest BCUT2D eigenvalue weighted by Gasteiger charge is 2.27. The van der Waals surface area contributed by atoms with Crippen LogP contribution in [0.4, 0.5) is 0 Å². The second kappa shape index (κ2) is 8.41. The molecule has 0 saturated heterocycles. The average molecular weight is 232 g/mol. The molecule has 15 heavy (non-hydrogen) atoms. The molecule has 0 bridgehead atoms. The first kappa shape index (κ1) is 13.3. The van der Waals surface area contributed by atoms with Crippen molar-refractivity contribution in [2.24, 2.45) is 0 Å². The first-order valence-electron chi connectivity index (χ1n) is 6.68. The molecular formula is C13H26ClN. The van der Waals surface area contributed by atoms with Crippen LogP contribution in [0.2, 0.25) is 0 Å². The van der Waals surface area contributed by atoms with Gasteiger partial charge in [-0.1, -0.05) is 39.0 Å². The van der Waals surface area contributed by atoms with Crippen LogP contribution < -0.4 is 0 Å². The zero-order valence-corrected chi connectivity index (χ0v) is 10.9. The predicted octanol–water partition coefficient (Wildman–Crippen LogP) is 4.05. The summed E-state index contributed by atoms with van der Waals surface area (Å²) in [6.07, 6.45) is 11.2. The van der Waals surface area contributed by atoms with Crippen LogP contribution in [0.3, 0.4) is 0 Å². The van der Waals surface area contributed by atoms with Gasteiger partial charge in [-0.05, 0) is 25.8 Å². The summed E-state index contributed by atoms with van der Waals surface area (Å²) in [7, 11) is 0. The van der Waals surface area contributed by atoms with Crippen LogP contribution in [0.5, 0.6) is 0 Å². The van der Waals surface area contributed by atoms with Gasteiger partial charge in [-0.3, -0.25) is 4.90 Å². The van der Waals surface area contributed by atoms with E-state index in [1.54, 1.807) is 0 Å². The molecule has 1 rings (SSSR count). The van der Waals surface area contributed by atoms with Gasteiger partial charge in [0.2, 0.25) is 0 Å². The highest BCUT2D eigenvalue weighted by atomic mass is 35.5. The molecule has 0 aromatic carbocycles. The molecule has 1 saturated carbocycles. The molecule has 0 aromatic heterocycles. The maximum Gasteiger partial charge on any atom is 0.0351 e. The standard InChI is InChI=1S/C13H26ClN/c1-2-3-4-5-6-7-11-15(12-10-14)13-8-9-13/h13H,2-12H2,1H3. The first-order chi connectivity index (χ1) is 7.38. The van der Waals surface area contributed by atoms with Crippen molar-refractivity contribution in [2.45, 2.75) is 64.3 Å². The molecule has 0 aliphatic heterocycles. The van der Waals surface area contributed by atoms with Crippen molar-refractivity contribution in [3.8, 4) is 0 Å². The Kier molecular flexibility index (Phi) is 7.46. The van der Waals surface area contributed by atoms with Crippen LogP contribution in [-0.4, -0.2) is 29.9 Å². The van der Waals surface area contributed by atoms with Gasteiger partial charge >= 0.3 is 0 Å². The quantitative estimate of drug-likeness (QED) is 0.405. The van der Waals surface area contributed by atoms with Crippen LogP contribution in [0, 0.1) is 0 Å². The molecule has 0 spiro atoms. The zero-order chi connectivity index (χ0) is 10.9. The summed E-state index contributed by atoms with van der Waals surface area (Å²) in [6.45, 7) is 4.65. The molecule has 0 aromatic rings. The van der Waals surface area contributed by atoms with E-state index >= 15 is 0 Å². The average Bonchev–Trinajstić information content (AvgIpc) is 3.05. The molecular weight excluding hydrogens is 206 g/mol. The molecule has 0 N–H and O–H groups in total. The Bertz CT molecular complexity index is 145. The van der Waals surface area contributed by atoms with Crippen molar-refractivity contribution in [1.82, 2.24) is 4.90 Å². The van der Waals surface area contributed by atoms with E-state index in [2.05, 4.69) is 11.8 Å². The van der Waals surface area contributed by atoms with Crippen molar-refractivity contribution >= 4 is 11.6 Å². The number of halogens is 1. The third-order valence-corrected chi connectivity index (χ3v) is 3.40.